The van der Waals surface area contributed by atoms with Gasteiger partial charge in [0.25, 0.3) is 0 Å². The highest BCUT2D eigenvalue weighted by atomic mass is 32.1. The van der Waals surface area contributed by atoms with Crippen molar-refractivity contribution in [1.82, 2.24) is 25.0 Å². The Morgan fingerprint density at radius 1 is 1.29 bits per heavy atom. The molecule has 0 bridgehead atoms. The Morgan fingerprint density at radius 2 is 2.11 bits per heavy atom. The molecule has 7 nitrogen and oxygen atoms in total. The van der Waals surface area contributed by atoms with E-state index in [1.807, 2.05) is 18.3 Å². The fraction of sp³-hybridized carbons (Fsp3) is 0.650. The van der Waals surface area contributed by atoms with Crippen molar-refractivity contribution in [3.63, 3.8) is 0 Å². The summed E-state index contributed by atoms with van der Waals surface area (Å²) in [5, 5.41) is 12.0. The van der Waals surface area contributed by atoms with Crippen molar-refractivity contribution in [2.75, 3.05) is 26.3 Å². The number of aromatic nitrogens is 3. The second-order valence-corrected chi connectivity index (χ2v) is 9.15. The molecule has 28 heavy (non-hydrogen) atoms. The van der Waals surface area contributed by atoms with Crippen LogP contribution in [0.1, 0.15) is 47.2 Å². The lowest BCUT2D eigenvalue weighted by atomic mass is 9.99. The summed E-state index contributed by atoms with van der Waals surface area (Å²) in [5.41, 5.74) is 0. The molecule has 0 unspecified atom stereocenters. The molecule has 152 valence electrons. The van der Waals surface area contributed by atoms with Crippen LogP contribution in [0, 0.1) is 12.8 Å². The maximum atomic E-state index is 12.6. The number of nitrogens with zero attached hydrogens (tertiary/aromatic N) is 4. The Hall–Kier alpha value is -1.77. The summed E-state index contributed by atoms with van der Waals surface area (Å²) in [6.07, 6.45) is 2.49. The minimum Gasteiger partial charge on any atom is -0.381 e. The maximum Gasteiger partial charge on any atom is 0.223 e. The van der Waals surface area contributed by atoms with Gasteiger partial charge in [-0.2, -0.15) is 0 Å². The zero-order valence-electron chi connectivity index (χ0n) is 16.7. The summed E-state index contributed by atoms with van der Waals surface area (Å²) in [7, 11) is 0. The number of carbonyl (C=O) groups excluding carboxylic acids is 1. The van der Waals surface area contributed by atoms with Gasteiger partial charge in [-0.25, -0.2) is 0 Å². The van der Waals surface area contributed by atoms with E-state index >= 15 is 0 Å². The van der Waals surface area contributed by atoms with Crippen LogP contribution < -0.4 is 5.32 Å². The standard InChI is InChI=1S/C20H29N5O2S/c1-14-3-4-17(28-14)13-24-8-5-18-22-23-19(25(18)10-9-24)15(2)21-20(26)16-6-11-27-12-7-16/h3-4,15-16H,5-13H2,1-2H3,(H,21,26)/t15-/m1/s1. The highest BCUT2D eigenvalue weighted by molar-refractivity contribution is 7.11. The van der Waals surface area contributed by atoms with Crippen molar-refractivity contribution in [2.45, 2.75) is 52.2 Å². The molecule has 8 heteroatoms. The van der Waals surface area contributed by atoms with Crippen molar-refractivity contribution in [3.05, 3.63) is 33.5 Å². The molecular weight excluding hydrogens is 374 g/mol. The Morgan fingerprint density at radius 3 is 2.86 bits per heavy atom. The van der Waals surface area contributed by atoms with E-state index < -0.39 is 0 Å². The predicted octanol–water partition coefficient (Wildman–Crippen LogP) is 2.31. The third-order valence-electron chi connectivity index (χ3n) is 5.66. The van der Waals surface area contributed by atoms with Crippen LogP contribution in [0.5, 0.6) is 0 Å². The van der Waals surface area contributed by atoms with E-state index in [-0.39, 0.29) is 17.9 Å². The van der Waals surface area contributed by atoms with Crippen LogP contribution >= 0.6 is 11.3 Å². The van der Waals surface area contributed by atoms with Gasteiger partial charge in [-0.3, -0.25) is 9.69 Å². The van der Waals surface area contributed by atoms with Crippen LogP contribution in [0.25, 0.3) is 0 Å². The molecule has 1 atom stereocenters. The minimum atomic E-state index is -0.136. The number of fused-ring (bicyclic) bond motifs is 1. The number of aryl methyl sites for hydroxylation is 1. The number of thiophene rings is 1. The summed E-state index contributed by atoms with van der Waals surface area (Å²) in [6, 6.07) is 4.28. The summed E-state index contributed by atoms with van der Waals surface area (Å²) in [6.45, 7) is 9.31. The highest BCUT2D eigenvalue weighted by Gasteiger charge is 2.26. The number of ether oxygens (including phenoxy) is 1. The van der Waals surface area contributed by atoms with Gasteiger partial charge in [-0.05, 0) is 38.8 Å². The molecule has 1 N–H and O–H groups in total. The fourth-order valence-electron chi connectivity index (χ4n) is 4.01. The maximum absolute atomic E-state index is 12.6. The van der Waals surface area contributed by atoms with Gasteiger partial charge < -0.3 is 14.6 Å². The first-order valence-electron chi connectivity index (χ1n) is 10.2. The number of nitrogens with one attached hydrogen (secondary N) is 1. The average Bonchev–Trinajstić information content (AvgIpc) is 3.24. The Bertz CT molecular complexity index is 811. The first-order valence-corrected chi connectivity index (χ1v) is 11.0. The molecule has 1 saturated heterocycles. The molecule has 0 aromatic carbocycles. The zero-order valence-corrected chi connectivity index (χ0v) is 17.5. The normalized spacial score (nSPS) is 19.8. The molecule has 0 aliphatic carbocycles. The Labute approximate surface area is 170 Å². The smallest absolute Gasteiger partial charge is 0.223 e. The van der Waals surface area contributed by atoms with Crippen LogP contribution in [0.3, 0.4) is 0 Å². The molecule has 2 aromatic heterocycles. The SMILES string of the molecule is Cc1ccc(CN2CCc3nnc([C@@H](C)NC(=O)C4CCOCC4)n3CC2)s1. The Kier molecular flexibility index (Phi) is 6.08. The monoisotopic (exact) mass is 403 g/mol. The average molecular weight is 404 g/mol. The van der Waals surface area contributed by atoms with Gasteiger partial charge in [-0.15, -0.1) is 21.5 Å². The van der Waals surface area contributed by atoms with Gasteiger partial charge in [0.05, 0.1) is 6.04 Å². The number of rotatable bonds is 5. The van der Waals surface area contributed by atoms with Gasteiger partial charge in [0.2, 0.25) is 5.91 Å². The fourth-order valence-corrected chi connectivity index (χ4v) is 4.95. The number of amides is 1. The molecule has 1 fully saturated rings. The Balaban J connectivity index is 1.38. The third kappa shape index (κ3) is 4.45. The summed E-state index contributed by atoms with van der Waals surface area (Å²) >= 11 is 1.87. The molecule has 2 aliphatic heterocycles. The zero-order chi connectivity index (χ0) is 19.5. The lowest BCUT2D eigenvalue weighted by Gasteiger charge is -2.23. The van der Waals surface area contributed by atoms with Gasteiger partial charge in [0, 0.05) is 61.5 Å². The van der Waals surface area contributed by atoms with Gasteiger partial charge >= 0.3 is 0 Å². The molecule has 1 amide bonds. The lowest BCUT2D eigenvalue weighted by Crippen LogP contribution is -2.36. The molecule has 0 saturated carbocycles. The van der Waals surface area contributed by atoms with Gasteiger partial charge in [0.1, 0.15) is 5.82 Å². The summed E-state index contributed by atoms with van der Waals surface area (Å²) in [5.74, 6) is 2.04. The van der Waals surface area contributed by atoms with E-state index in [1.165, 1.54) is 9.75 Å². The molecule has 2 aliphatic rings. The highest BCUT2D eigenvalue weighted by Crippen LogP contribution is 2.21. The van der Waals surface area contributed by atoms with Crippen LogP contribution in [0.4, 0.5) is 0 Å². The quantitative estimate of drug-likeness (QED) is 0.829. The van der Waals surface area contributed by atoms with E-state index in [1.54, 1.807) is 0 Å². The first-order chi connectivity index (χ1) is 13.6. The van der Waals surface area contributed by atoms with Crippen molar-refractivity contribution >= 4 is 17.2 Å². The number of hydrogen-bond donors (Lipinski definition) is 1. The van der Waals surface area contributed by atoms with Crippen LogP contribution in [0.15, 0.2) is 12.1 Å². The molecule has 2 aromatic rings. The molecule has 0 radical (unpaired) electrons. The second-order valence-electron chi connectivity index (χ2n) is 7.78. The molecule has 0 spiro atoms. The summed E-state index contributed by atoms with van der Waals surface area (Å²) in [4.78, 5) is 17.8. The van der Waals surface area contributed by atoms with Crippen molar-refractivity contribution in [3.8, 4) is 0 Å². The minimum absolute atomic E-state index is 0.0486. The van der Waals surface area contributed by atoms with E-state index in [0.29, 0.717) is 13.2 Å². The number of carbonyl (C=O) groups is 1. The number of hydrogen-bond acceptors (Lipinski definition) is 6. The van der Waals surface area contributed by atoms with E-state index in [2.05, 4.69) is 44.0 Å². The van der Waals surface area contributed by atoms with Crippen LogP contribution in [-0.4, -0.2) is 51.9 Å². The largest absolute Gasteiger partial charge is 0.381 e. The second kappa shape index (κ2) is 8.71. The third-order valence-corrected chi connectivity index (χ3v) is 6.65. The molecular formula is C20H29N5O2S. The van der Waals surface area contributed by atoms with Crippen molar-refractivity contribution < 1.29 is 9.53 Å². The van der Waals surface area contributed by atoms with E-state index in [9.17, 15) is 4.79 Å². The van der Waals surface area contributed by atoms with Gasteiger partial charge in [0.15, 0.2) is 5.82 Å². The van der Waals surface area contributed by atoms with Crippen LogP contribution in [-0.2, 0) is 29.0 Å². The van der Waals surface area contributed by atoms with Gasteiger partial charge in [-0.1, -0.05) is 0 Å². The topological polar surface area (TPSA) is 72.3 Å². The molecule has 4 rings (SSSR count). The molecule has 4 heterocycles. The van der Waals surface area contributed by atoms with E-state index in [0.717, 1.165) is 57.1 Å². The lowest BCUT2D eigenvalue weighted by molar-refractivity contribution is -0.128. The predicted molar refractivity (Wildman–Crippen MR) is 108 cm³/mol. The summed E-state index contributed by atoms with van der Waals surface area (Å²) < 4.78 is 7.56. The first kappa shape index (κ1) is 19.5. The van der Waals surface area contributed by atoms with E-state index in [4.69, 9.17) is 4.74 Å². The van der Waals surface area contributed by atoms with Crippen molar-refractivity contribution in [1.29, 1.82) is 0 Å². The van der Waals surface area contributed by atoms with Crippen LogP contribution in [0.2, 0.25) is 0 Å². The van der Waals surface area contributed by atoms with Crippen molar-refractivity contribution in [2.24, 2.45) is 5.92 Å².